The number of nitrogens with zero attached hydrogens (tertiary/aromatic N) is 3. The second kappa shape index (κ2) is 7.44. The second-order valence-corrected chi connectivity index (χ2v) is 8.97. The van der Waals surface area contributed by atoms with Crippen molar-refractivity contribution >= 4 is 10.0 Å². The lowest BCUT2D eigenvalue weighted by Gasteiger charge is -2.29. The summed E-state index contributed by atoms with van der Waals surface area (Å²) < 4.78 is 46.2. The van der Waals surface area contributed by atoms with Crippen LogP contribution in [0, 0.1) is 11.7 Å². The molecule has 0 unspecified atom stereocenters. The molecule has 0 bridgehead atoms. The van der Waals surface area contributed by atoms with E-state index in [1.54, 1.807) is 36.4 Å². The molecule has 4 rings (SSSR count). The standard InChI is InChI=1S/C20H20FN3O3S/c1-14-9-11-24(12-10-14)28(25,26)18-4-2-3-16(13-18)20-23-22-19(27-20)15-5-7-17(21)8-6-15/h2-8,13-14H,9-12H2,1H3. The maximum Gasteiger partial charge on any atom is 0.248 e. The Morgan fingerprint density at radius 3 is 2.32 bits per heavy atom. The van der Waals surface area contributed by atoms with Gasteiger partial charge in [0.2, 0.25) is 21.8 Å². The molecule has 1 aromatic heterocycles. The molecule has 3 aromatic rings. The van der Waals surface area contributed by atoms with Gasteiger partial charge in [0.05, 0.1) is 4.90 Å². The van der Waals surface area contributed by atoms with Gasteiger partial charge in [-0.2, -0.15) is 4.31 Å². The van der Waals surface area contributed by atoms with Crippen molar-refractivity contribution in [2.24, 2.45) is 5.92 Å². The first-order chi connectivity index (χ1) is 13.4. The number of rotatable bonds is 4. The minimum atomic E-state index is -3.56. The van der Waals surface area contributed by atoms with Gasteiger partial charge < -0.3 is 4.42 Å². The quantitative estimate of drug-likeness (QED) is 0.661. The molecule has 0 radical (unpaired) electrons. The van der Waals surface area contributed by atoms with Crippen molar-refractivity contribution in [3.05, 3.63) is 54.3 Å². The molecule has 1 aliphatic heterocycles. The highest BCUT2D eigenvalue weighted by Gasteiger charge is 2.28. The van der Waals surface area contributed by atoms with Gasteiger partial charge >= 0.3 is 0 Å². The number of piperidine rings is 1. The van der Waals surface area contributed by atoms with Crippen LogP contribution in [-0.2, 0) is 10.0 Å². The van der Waals surface area contributed by atoms with Gasteiger partial charge in [-0.05, 0) is 61.2 Å². The summed E-state index contributed by atoms with van der Waals surface area (Å²) in [6.45, 7) is 3.20. The van der Waals surface area contributed by atoms with E-state index in [0.717, 1.165) is 12.8 Å². The minimum absolute atomic E-state index is 0.209. The summed E-state index contributed by atoms with van der Waals surface area (Å²) in [4.78, 5) is 0.209. The van der Waals surface area contributed by atoms with Crippen molar-refractivity contribution in [1.29, 1.82) is 0 Å². The Labute approximate surface area is 163 Å². The molecule has 146 valence electrons. The highest BCUT2D eigenvalue weighted by Crippen LogP contribution is 2.28. The molecule has 1 saturated heterocycles. The lowest BCUT2D eigenvalue weighted by Crippen LogP contribution is -2.37. The molecule has 2 heterocycles. The first-order valence-electron chi connectivity index (χ1n) is 9.13. The van der Waals surface area contributed by atoms with Gasteiger partial charge in [-0.3, -0.25) is 0 Å². The van der Waals surface area contributed by atoms with E-state index in [0.29, 0.717) is 30.1 Å². The van der Waals surface area contributed by atoms with E-state index in [4.69, 9.17) is 4.42 Å². The Morgan fingerprint density at radius 1 is 1.00 bits per heavy atom. The van der Waals surface area contributed by atoms with Crippen molar-refractivity contribution in [3.63, 3.8) is 0 Å². The Kier molecular flexibility index (Phi) is 4.99. The fraction of sp³-hybridized carbons (Fsp3) is 0.300. The lowest BCUT2D eigenvalue weighted by molar-refractivity contribution is 0.288. The summed E-state index contributed by atoms with van der Waals surface area (Å²) in [6.07, 6.45) is 1.73. The van der Waals surface area contributed by atoms with Gasteiger partial charge in [0, 0.05) is 24.2 Å². The van der Waals surface area contributed by atoms with Gasteiger partial charge in [0.15, 0.2) is 0 Å². The normalized spacial score (nSPS) is 16.4. The number of aromatic nitrogens is 2. The fourth-order valence-electron chi connectivity index (χ4n) is 3.21. The molecule has 0 spiro atoms. The Bertz CT molecular complexity index is 1070. The van der Waals surface area contributed by atoms with E-state index in [-0.39, 0.29) is 22.5 Å². The number of sulfonamides is 1. The van der Waals surface area contributed by atoms with Crippen molar-refractivity contribution < 1.29 is 17.2 Å². The Morgan fingerprint density at radius 2 is 1.64 bits per heavy atom. The lowest BCUT2D eigenvalue weighted by atomic mass is 10.0. The van der Waals surface area contributed by atoms with Crippen LogP contribution >= 0.6 is 0 Å². The molecule has 0 saturated carbocycles. The second-order valence-electron chi connectivity index (χ2n) is 7.03. The summed E-state index contributed by atoms with van der Waals surface area (Å²) >= 11 is 0. The maximum atomic E-state index is 13.1. The van der Waals surface area contributed by atoms with Gasteiger partial charge in [-0.15, -0.1) is 10.2 Å². The molecule has 2 aromatic carbocycles. The summed E-state index contributed by atoms with van der Waals surface area (Å²) in [5.41, 5.74) is 1.11. The zero-order valence-electron chi connectivity index (χ0n) is 15.4. The van der Waals surface area contributed by atoms with Crippen LogP contribution < -0.4 is 0 Å². The van der Waals surface area contributed by atoms with Crippen molar-refractivity contribution in [3.8, 4) is 22.9 Å². The summed E-state index contributed by atoms with van der Waals surface area (Å²) in [6, 6.07) is 12.2. The number of halogens is 1. The number of hydrogen-bond acceptors (Lipinski definition) is 5. The molecule has 1 aliphatic rings. The van der Waals surface area contributed by atoms with E-state index in [1.165, 1.54) is 16.4 Å². The average Bonchev–Trinajstić information content (AvgIpc) is 3.19. The zero-order chi connectivity index (χ0) is 19.7. The van der Waals surface area contributed by atoms with Crippen molar-refractivity contribution in [2.75, 3.05) is 13.1 Å². The van der Waals surface area contributed by atoms with Crippen LogP contribution in [0.2, 0.25) is 0 Å². The van der Waals surface area contributed by atoms with Gasteiger partial charge in [-0.1, -0.05) is 13.0 Å². The molecule has 6 nitrogen and oxygen atoms in total. The molecule has 0 aliphatic carbocycles. The number of benzene rings is 2. The topological polar surface area (TPSA) is 76.3 Å². The third-order valence-corrected chi connectivity index (χ3v) is 6.87. The van der Waals surface area contributed by atoms with Crippen molar-refractivity contribution in [2.45, 2.75) is 24.7 Å². The van der Waals surface area contributed by atoms with Crippen LogP contribution in [0.4, 0.5) is 4.39 Å². The summed E-state index contributed by atoms with van der Waals surface area (Å²) in [7, 11) is -3.56. The summed E-state index contributed by atoms with van der Waals surface area (Å²) in [5.74, 6) is 0.645. The summed E-state index contributed by atoms with van der Waals surface area (Å²) in [5, 5.41) is 8.00. The molecular weight excluding hydrogens is 381 g/mol. The van der Waals surface area contributed by atoms with Crippen LogP contribution in [0.15, 0.2) is 57.8 Å². The van der Waals surface area contributed by atoms with E-state index < -0.39 is 10.0 Å². The van der Waals surface area contributed by atoms with Gasteiger partial charge in [-0.25, -0.2) is 12.8 Å². The van der Waals surface area contributed by atoms with Crippen LogP contribution in [0.1, 0.15) is 19.8 Å². The van der Waals surface area contributed by atoms with Gasteiger partial charge in [0.25, 0.3) is 0 Å². The highest BCUT2D eigenvalue weighted by molar-refractivity contribution is 7.89. The molecule has 0 atom stereocenters. The van der Waals surface area contributed by atoms with Crippen LogP contribution in [0.3, 0.4) is 0 Å². The predicted octanol–water partition coefficient (Wildman–Crippen LogP) is 3.96. The maximum absolute atomic E-state index is 13.1. The smallest absolute Gasteiger partial charge is 0.248 e. The highest BCUT2D eigenvalue weighted by atomic mass is 32.2. The van der Waals surface area contributed by atoms with Crippen LogP contribution in [0.25, 0.3) is 22.9 Å². The zero-order valence-corrected chi connectivity index (χ0v) is 16.2. The molecule has 8 heteroatoms. The third-order valence-electron chi connectivity index (χ3n) is 4.98. The van der Waals surface area contributed by atoms with Crippen LogP contribution in [0.5, 0.6) is 0 Å². The SMILES string of the molecule is CC1CCN(S(=O)(=O)c2cccc(-c3nnc(-c4ccc(F)cc4)o3)c2)CC1. The van der Waals surface area contributed by atoms with Crippen LogP contribution in [-0.4, -0.2) is 36.0 Å². The van der Waals surface area contributed by atoms with E-state index >= 15 is 0 Å². The molecule has 0 N–H and O–H groups in total. The largest absolute Gasteiger partial charge is 0.416 e. The predicted molar refractivity (Wildman–Crippen MR) is 102 cm³/mol. The average molecular weight is 401 g/mol. The minimum Gasteiger partial charge on any atom is -0.416 e. The first-order valence-corrected chi connectivity index (χ1v) is 10.6. The fourth-order valence-corrected chi connectivity index (χ4v) is 4.73. The first kappa shape index (κ1) is 18.8. The van der Waals surface area contributed by atoms with E-state index in [2.05, 4.69) is 17.1 Å². The van der Waals surface area contributed by atoms with Crippen molar-refractivity contribution in [1.82, 2.24) is 14.5 Å². The monoisotopic (exact) mass is 401 g/mol. The Hall–Kier alpha value is -2.58. The molecule has 1 fully saturated rings. The number of hydrogen-bond donors (Lipinski definition) is 0. The van der Waals surface area contributed by atoms with E-state index in [1.807, 2.05) is 0 Å². The molecular formula is C20H20FN3O3S. The molecule has 0 amide bonds. The molecule has 28 heavy (non-hydrogen) atoms. The van der Waals surface area contributed by atoms with E-state index in [9.17, 15) is 12.8 Å². The van der Waals surface area contributed by atoms with Gasteiger partial charge in [0.1, 0.15) is 5.82 Å². The third kappa shape index (κ3) is 3.70. The Balaban J connectivity index is 1.61.